The van der Waals surface area contributed by atoms with E-state index in [1.807, 2.05) is 72.8 Å². The molecule has 2 fully saturated rings. The van der Waals surface area contributed by atoms with Crippen LogP contribution in [0.4, 0.5) is 0 Å². The molecule has 8 rings (SSSR count). The minimum absolute atomic E-state index is 0.183. The van der Waals surface area contributed by atoms with Crippen molar-refractivity contribution in [1.82, 2.24) is 41.2 Å². The molecule has 2 aromatic carbocycles. The third kappa shape index (κ3) is 8.68. The lowest BCUT2D eigenvalue weighted by molar-refractivity contribution is -0.136. The summed E-state index contributed by atoms with van der Waals surface area (Å²) < 4.78 is 7.55. The Hall–Kier alpha value is -6.30. The molecular weight excluding hydrogens is 759 g/mol. The molecule has 5 unspecified atom stereocenters. The first-order valence-corrected chi connectivity index (χ1v) is 20.9. The highest BCUT2D eigenvalue weighted by molar-refractivity contribution is 5.99. The molecule has 4 aliphatic rings. The van der Waals surface area contributed by atoms with E-state index in [9.17, 15) is 24.4 Å². The van der Waals surface area contributed by atoms with Gasteiger partial charge in [-0.05, 0) is 99.2 Å². The van der Waals surface area contributed by atoms with Crippen LogP contribution in [0.3, 0.4) is 0 Å². The van der Waals surface area contributed by atoms with E-state index < -0.39 is 22.9 Å². The van der Waals surface area contributed by atoms with Crippen molar-refractivity contribution in [1.29, 1.82) is 5.26 Å². The van der Waals surface area contributed by atoms with E-state index in [4.69, 9.17) is 9.72 Å². The molecule has 4 N–H and O–H groups in total. The van der Waals surface area contributed by atoms with Gasteiger partial charge in [0.15, 0.2) is 5.82 Å². The van der Waals surface area contributed by atoms with Crippen molar-refractivity contribution >= 4 is 28.5 Å². The van der Waals surface area contributed by atoms with Gasteiger partial charge in [-0.3, -0.25) is 29.9 Å². The van der Waals surface area contributed by atoms with Gasteiger partial charge in [-0.1, -0.05) is 67.5 Å². The van der Waals surface area contributed by atoms with E-state index in [1.54, 1.807) is 18.5 Å². The Morgan fingerprint density at radius 1 is 0.967 bits per heavy atom. The number of piperidine rings is 2. The highest BCUT2D eigenvalue weighted by Gasteiger charge is 2.50. The van der Waals surface area contributed by atoms with E-state index in [0.29, 0.717) is 48.4 Å². The Morgan fingerprint density at radius 2 is 1.88 bits per heavy atom. The van der Waals surface area contributed by atoms with Gasteiger partial charge in [-0.2, -0.15) is 15.3 Å². The molecule has 1 aliphatic carbocycles. The first-order valence-electron chi connectivity index (χ1n) is 20.9. The van der Waals surface area contributed by atoms with Crippen LogP contribution in [0.2, 0.25) is 0 Å². The summed E-state index contributed by atoms with van der Waals surface area (Å²) in [5, 5.41) is 21.8. The van der Waals surface area contributed by atoms with Gasteiger partial charge in [-0.15, -0.1) is 0 Å². The zero-order chi connectivity index (χ0) is 41.5. The van der Waals surface area contributed by atoms with Crippen LogP contribution in [-0.2, 0) is 27.2 Å². The topological polar surface area (TPSA) is 193 Å². The smallest absolute Gasteiger partial charge is 0.275 e. The summed E-state index contributed by atoms with van der Waals surface area (Å²) in [7, 11) is 0. The average molecular weight is 808 g/mol. The Morgan fingerprint density at radius 3 is 2.70 bits per heavy atom. The van der Waals surface area contributed by atoms with Crippen LogP contribution in [-0.4, -0.2) is 62.7 Å². The zero-order valence-electron chi connectivity index (χ0n) is 33.4. The number of hydrogen-bond acceptors (Lipinski definition) is 11. The number of hydrogen-bond donors (Lipinski definition) is 4. The lowest BCUT2D eigenvalue weighted by Crippen LogP contribution is -2.64. The van der Waals surface area contributed by atoms with Gasteiger partial charge in [0, 0.05) is 35.7 Å². The van der Waals surface area contributed by atoms with Crippen molar-refractivity contribution in [3.05, 3.63) is 119 Å². The summed E-state index contributed by atoms with van der Waals surface area (Å²) in [5.74, 6) is 0.885. The molecule has 2 aromatic heterocycles. The Bertz CT molecular complexity index is 2470. The molecule has 60 heavy (non-hydrogen) atoms. The van der Waals surface area contributed by atoms with Crippen molar-refractivity contribution in [3.63, 3.8) is 0 Å². The van der Waals surface area contributed by atoms with Crippen LogP contribution in [0.15, 0.2) is 102 Å². The summed E-state index contributed by atoms with van der Waals surface area (Å²) in [6.07, 6.45) is 22.0. The molecule has 14 nitrogen and oxygen atoms in total. The number of amides is 3. The molecule has 3 amide bonds. The van der Waals surface area contributed by atoms with Crippen molar-refractivity contribution in [2.75, 3.05) is 19.7 Å². The molecule has 0 radical (unpaired) electrons. The second-order valence-electron chi connectivity index (χ2n) is 16.3. The van der Waals surface area contributed by atoms with Crippen molar-refractivity contribution in [2.24, 2.45) is 17.3 Å². The van der Waals surface area contributed by atoms with Gasteiger partial charge in [0.05, 0.1) is 29.8 Å². The van der Waals surface area contributed by atoms with Gasteiger partial charge in [0.1, 0.15) is 11.5 Å². The molecule has 0 bridgehead atoms. The van der Waals surface area contributed by atoms with E-state index in [1.165, 1.54) is 10.8 Å². The fourth-order valence-electron chi connectivity index (χ4n) is 8.98. The number of nitrogens with zero attached hydrogens (tertiary/aromatic N) is 5. The van der Waals surface area contributed by atoms with Gasteiger partial charge >= 0.3 is 0 Å². The van der Waals surface area contributed by atoms with Gasteiger partial charge in [-0.25, -0.2) is 15.1 Å². The number of nitriles is 1. The van der Waals surface area contributed by atoms with E-state index in [2.05, 4.69) is 37.6 Å². The quantitative estimate of drug-likeness (QED) is 0.102. The maximum absolute atomic E-state index is 13.2. The summed E-state index contributed by atoms with van der Waals surface area (Å²) in [4.78, 5) is 58.5. The Labute approximate surface area is 348 Å². The summed E-state index contributed by atoms with van der Waals surface area (Å²) in [6.45, 7) is 2.48. The van der Waals surface area contributed by atoms with Crippen LogP contribution in [0.1, 0.15) is 68.5 Å². The predicted octanol–water partition coefficient (Wildman–Crippen LogP) is 4.74. The monoisotopic (exact) mass is 807 g/mol. The third-order valence-corrected chi connectivity index (χ3v) is 12.4. The number of aryl methyl sites for hydroxylation is 1. The summed E-state index contributed by atoms with van der Waals surface area (Å²) >= 11 is 0. The van der Waals surface area contributed by atoms with Crippen molar-refractivity contribution < 1.29 is 19.1 Å². The molecule has 14 heteroatoms. The van der Waals surface area contributed by atoms with Crippen LogP contribution >= 0.6 is 0 Å². The third-order valence-electron chi connectivity index (χ3n) is 12.4. The SMILES string of the molecule is N#CC1(C2(Cc3cccc(-c4nccc(OCC5CCNCC5CCCCCc5ccc6c(=O)n(C7CCC(=O)NC7=O)ncc6c5)n4)c3)C=CC(=O)NN2)C=CC=CC1. The van der Waals surface area contributed by atoms with Crippen LogP contribution in [0.5, 0.6) is 5.88 Å². The Balaban J connectivity index is 0.844. The number of benzene rings is 2. The fraction of sp³-hybridized carbons (Fsp3) is 0.391. The molecule has 4 aromatic rings. The number of carbonyl (C=O) groups is 3. The minimum atomic E-state index is -0.908. The van der Waals surface area contributed by atoms with Crippen LogP contribution in [0, 0.1) is 28.6 Å². The van der Waals surface area contributed by atoms with Gasteiger partial charge in [0.2, 0.25) is 11.8 Å². The maximum atomic E-state index is 13.2. The molecule has 308 valence electrons. The number of ether oxygens (including phenoxy) is 1. The number of imide groups is 1. The van der Waals surface area contributed by atoms with Crippen molar-refractivity contribution in [3.8, 4) is 23.3 Å². The molecule has 5 atom stereocenters. The number of aromatic nitrogens is 4. The Kier molecular flexibility index (Phi) is 12.1. The second-order valence-corrected chi connectivity index (χ2v) is 16.3. The minimum Gasteiger partial charge on any atom is -0.477 e. The fourth-order valence-corrected chi connectivity index (χ4v) is 8.98. The van der Waals surface area contributed by atoms with E-state index in [0.717, 1.165) is 73.7 Å². The number of hydrazine groups is 1. The highest BCUT2D eigenvalue weighted by atomic mass is 16.5. The maximum Gasteiger partial charge on any atom is 0.275 e. The highest BCUT2D eigenvalue weighted by Crippen LogP contribution is 2.43. The number of allylic oxidation sites excluding steroid dienone is 3. The molecule has 0 spiro atoms. The zero-order valence-corrected chi connectivity index (χ0v) is 33.4. The second kappa shape index (κ2) is 17.9. The molecule has 0 saturated carbocycles. The number of carbonyl (C=O) groups excluding carboxylic acids is 3. The summed E-state index contributed by atoms with van der Waals surface area (Å²) in [5.41, 5.74) is 6.73. The molecule has 3 aliphatic heterocycles. The lowest BCUT2D eigenvalue weighted by atomic mass is 9.64. The normalized spacial score (nSPS) is 25.1. The van der Waals surface area contributed by atoms with Gasteiger partial charge < -0.3 is 10.1 Å². The summed E-state index contributed by atoms with van der Waals surface area (Å²) in [6, 6.07) is 17.3. The average Bonchev–Trinajstić information content (AvgIpc) is 3.27. The van der Waals surface area contributed by atoms with Crippen LogP contribution < -0.4 is 31.8 Å². The van der Waals surface area contributed by atoms with Crippen LogP contribution in [0.25, 0.3) is 22.2 Å². The molecule has 2 saturated heterocycles. The standard InChI is InChI=1S/C46H49N9O5/c47-30-45(19-5-2-6-20-45)46(21-16-40(57)53-54-46)26-32-9-7-11-33(25-32)42-49-23-18-41(52-42)60-29-35-17-22-48-27-34(35)10-4-1-3-8-31-12-13-37-36(24-31)28-50-55(44(37)59)38-14-15-39(56)51-43(38)58/h2,5-7,9,11-13,16,18-19,21,23-25,28,34-35,38,48,54H,1,3-4,8,10,14-15,17,20,22,26-27,29H2,(H,53,57)(H,51,56,58). The number of nitrogens with one attached hydrogen (secondary N) is 4. The lowest BCUT2D eigenvalue weighted by Gasteiger charge is -2.45. The number of unbranched alkanes of at least 4 members (excludes halogenated alkanes) is 2. The van der Waals surface area contributed by atoms with E-state index >= 15 is 0 Å². The van der Waals surface area contributed by atoms with Gasteiger partial charge in [0.25, 0.3) is 17.4 Å². The first kappa shape index (κ1) is 40.5. The van der Waals surface area contributed by atoms with E-state index in [-0.39, 0.29) is 30.2 Å². The predicted molar refractivity (Wildman–Crippen MR) is 225 cm³/mol. The number of rotatable bonds is 14. The number of fused-ring (bicyclic) bond motifs is 1. The van der Waals surface area contributed by atoms with Crippen molar-refractivity contribution in [2.45, 2.75) is 75.8 Å². The molecular formula is C46H49N9O5. The first-order chi connectivity index (χ1) is 29.2. The molecule has 5 heterocycles. The largest absolute Gasteiger partial charge is 0.477 e.